The summed E-state index contributed by atoms with van der Waals surface area (Å²) in [6.07, 6.45) is 9.64. The SMILES string of the molecule is COc1cc2c(Oc3ccc(CC(=O)C4(C(=O)Cc5ccc(F)cc5)CC4)cc3F)ccnc2cc1OC/C=C/CCCCS. The summed E-state index contributed by atoms with van der Waals surface area (Å²) in [5, 5.41) is 0.609. The Kier molecular flexibility index (Phi) is 10.5. The highest BCUT2D eigenvalue weighted by Crippen LogP contribution is 2.49. The molecule has 3 aromatic carbocycles. The molecule has 0 spiro atoms. The maximum absolute atomic E-state index is 15.3. The Morgan fingerprint density at radius 3 is 2.29 bits per heavy atom. The number of rotatable bonds is 16. The Morgan fingerprint density at radius 2 is 1.60 bits per heavy atom. The van der Waals surface area contributed by atoms with Crippen LogP contribution in [0, 0.1) is 17.0 Å². The number of hydrogen-bond donors (Lipinski definition) is 1. The Hall–Kier alpha value is -4.24. The molecule has 234 valence electrons. The second-order valence-corrected chi connectivity index (χ2v) is 11.6. The number of unbranched alkanes of at least 4 members (excludes halogenated alkanes) is 2. The van der Waals surface area contributed by atoms with Crippen molar-refractivity contribution in [2.24, 2.45) is 5.41 Å². The summed E-state index contributed by atoms with van der Waals surface area (Å²) in [6, 6.07) is 15.2. The summed E-state index contributed by atoms with van der Waals surface area (Å²) in [5.41, 5.74) is 0.634. The molecule has 1 aliphatic carbocycles. The number of carbonyl (C=O) groups excluding carboxylic acids is 2. The van der Waals surface area contributed by atoms with Crippen LogP contribution in [0.1, 0.15) is 43.2 Å². The van der Waals surface area contributed by atoms with E-state index in [0.29, 0.717) is 58.7 Å². The number of benzene rings is 3. The van der Waals surface area contributed by atoms with Gasteiger partial charge in [0.2, 0.25) is 0 Å². The number of halogens is 2. The summed E-state index contributed by atoms with van der Waals surface area (Å²) in [5.74, 6) is 0.795. The van der Waals surface area contributed by atoms with Crippen LogP contribution < -0.4 is 14.2 Å². The predicted octanol–water partition coefficient (Wildman–Crippen LogP) is 8.05. The van der Waals surface area contributed by atoms with Gasteiger partial charge in [-0.1, -0.05) is 30.4 Å². The van der Waals surface area contributed by atoms with Gasteiger partial charge in [-0.15, -0.1) is 0 Å². The molecule has 0 unspecified atom stereocenters. The number of hydrogen-bond acceptors (Lipinski definition) is 7. The van der Waals surface area contributed by atoms with Gasteiger partial charge in [0.1, 0.15) is 18.2 Å². The number of aromatic nitrogens is 1. The highest BCUT2D eigenvalue weighted by atomic mass is 32.1. The molecule has 4 aromatic rings. The smallest absolute Gasteiger partial charge is 0.166 e. The van der Waals surface area contributed by atoms with Gasteiger partial charge in [0.15, 0.2) is 34.6 Å². The van der Waals surface area contributed by atoms with Crippen molar-refractivity contribution in [3.05, 3.63) is 102 Å². The number of fused-ring (bicyclic) bond motifs is 1. The number of thiol groups is 1. The number of carbonyl (C=O) groups is 2. The zero-order chi connectivity index (χ0) is 31.8. The minimum Gasteiger partial charge on any atom is -0.493 e. The first-order chi connectivity index (χ1) is 21.8. The van der Waals surface area contributed by atoms with E-state index in [-0.39, 0.29) is 36.0 Å². The third kappa shape index (κ3) is 7.89. The highest BCUT2D eigenvalue weighted by Gasteiger charge is 2.54. The Labute approximate surface area is 266 Å². The molecule has 9 heteroatoms. The topological polar surface area (TPSA) is 74.7 Å². The molecule has 0 saturated heterocycles. The number of ether oxygens (including phenoxy) is 3. The molecule has 45 heavy (non-hydrogen) atoms. The van der Waals surface area contributed by atoms with Crippen LogP contribution in [0.3, 0.4) is 0 Å². The van der Waals surface area contributed by atoms with E-state index >= 15 is 4.39 Å². The fraction of sp³-hybridized carbons (Fsp3) is 0.306. The lowest BCUT2D eigenvalue weighted by atomic mass is 9.88. The number of nitrogens with zero attached hydrogens (tertiary/aromatic N) is 1. The van der Waals surface area contributed by atoms with Crippen molar-refractivity contribution in [1.82, 2.24) is 4.98 Å². The van der Waals surface area contributed by atoms with E-state index in [0.717, 1.165) is 25.0 Å². The average molecular weight is 632 g/mol. The molecule has 0 N–H and O–H groups in total. The van der Waals surface area contributed by atoms with Crippen molar-refractivity contribution in [2.45, 2.75) is 44.9 Å². The third-order valence-corrected chi connectivity index (χ3v) is 8.26. The van der Waals surface area contributed by atoms with E-state index in [9.17, 15) is 14.0 Å². The minimum atomic E-state index is -1.06. The molecule has 0 amide bonds. The van der Waals surface area contributed by atoms with Crippen LogP contribution >= 0.6 is 12.6 Å². The van der Waals surface area contributed by atoms with E-state index in [4.69, 9.17) is 14.2 Å². The van der Waals surface area contributed by atoms with Gasteiger partial charge in [0.05, 0.1) is 18.0 Å². The fourth-order valence-corrected chi connectivity index (χ4v) is 5.42. The molecule has 0 radical (unpaired) electrons. The molecule has 0 atom stereocenters. The van der Waals surface area contributed by atoms with Gasteiger partial charge in [-0.2, -0.15) is 12.6 Å². The maximum Gasteiger partial charge on any atom is 0.166 e. The van der Waals surface area contributed by atoms with Crippen molar-refractivity contribution in [2.75, 3.05) is 19.5 Å². The lowest BCUT2D eigenvalue weighted by Gasteiger charge is -2.15. The fourth-order valence-electron chi connectivity index (χ4n) is 5.19. The second-order valence-electron chi connectivity index (χ2n) is 11.1. The lowest BCUT2D eigenvalue weighted by Crippen LogP contribution is -2.28. The third-order valence-electron chi connectivity index (χ3n) is 7.94. The van der Waals surface area contributed by atoms with Gasteiger partial charge in [-0.05, 0) is 85.4 Å². The van der Waals surface area contributed by atoms with E-state index in [2.05, 4.69) is 23.7 Å². The summed E-state index contributed by atoms with van der Waals surface area (Å²) >= 11 is 4.22. The molecule has 1 aliphatic rings. The summed E-state index contributed by atoms with van der Waals surface area (Å²) in [6.45, 7) is 0.378. The molecular formula is C36H35F2NO5S. The highest BCUT2D eigenvalue weighted by molar-refractivity contribution is 7.80. The number of allylic oxidation sites excluding steroid dienone is 1. The Bertz CT molecular complexity index is 1700. The molecule has 0 aliphatic heterocycles. The molecule has 1 heterocycles. The normalized spacial score (nSPS) is 13.6. The van der Waals surface area contributed by atoms with Crippen molar-refractivity contribution in [1.29, 1.82) is 0 Å². The monoisotopic (exact) mass is 631 g/mol. The first-order valence-electron chi connectivity index (χ1n) is 15.0. The van der Waals surface area contributed by atoms with Gasteiger partial charge in [0, 0.05) is 30.5 Å². The van der Waals surface area contributed by atoms with Crippen LogP contribution in [-0.4, -0.2) is 36.0 Å². The van der Waals surface area contributed by atoms with Gasteiger partial charge in [-0.25, -0.2) is 8.78 Å². The van der Waals surface area contributed by atoms with E-state index in [1.165, 1.54) is 24.3 Å². The Balaban J connectivity index is 1.25. The molecular weight excluding hydrogens is 596 g/mol. The standard InChI is InChI=1S/C36H35F2NO5S/c1-42-32-22-27-29(23-33(32)43-17-5-3-2-4-6-18-45)39-16-13-30(27)44-31-12-9-25(19-28(31)38)21-35(41)36(14-15-36)34(40)20-24-7-10-26(37)11-8-24/h3,5,7-13,16,19,22-23,45H,2,4,6,14-15,17-18,20-21H2,1H3/b5-3+. The van der Waals surface area contributed by atoms with E-state index < -0.39 is 11.2 Å². The zero-order valence-corrected chi connectivity index (χ0v) is 26.0. The largest absolute Gasteiger partial charge is 0.493 e. The van der Waals surface area contributed by atoms with Gasteiger partial charge < -0.3 is 14.2 Å². The van der Waals surface area contributed by atoms with Crippen molar-refractivity contribution < 1.29 is 32.6 Å². The number of Topliss-reactive ketones (excluding diaryl/α,β-unsaturated/α-hetero) is 2. The predicted molar refractivity (Wildman–Crippen MR) is 173 cm³/mol. The van der Waals surface area contributed by atoms with Crippen LogP contribution in [0.25, 0.3) is 10.9 Å². The van der Waals surface area contributed by atoms with Crippen molar-refractivity contribution >= 4 is 35.1 Å². The van der Waals surface area contributed by atoms with Crippen molar-refractivity contribution in [3.63, 3.8) is 0 Å². The second kappa shape index (κ2) is 14.7. The number of ketones is 2. The maximum atomic E-state index is 15.3. The van der Waals surface area contributed by atoms with Crippen LogP contribution in [0.5, 0.6) is 23.0 Å². The molecule has 6 nitrogen and oxygen atoms in total. The zero-order valence-electron chi connectivity index (χ0n) is 25.1. The van der Waals surface area contributed by atoms with Crippen LogP contribution in [0.4, 0.5) is 8.78 Å². The van der Waals surface area contributed by atoms with E-state index in [1.54, 1.807) is 49.7 Å². The van der Waals surface area contributed by atoms with Crippen LogP contribution in [0.2, 0.25) is 0 Å². The first-order valence-corrected chi connectivity index (χ1v) is 15.6. The summed E-state index contributed by atoms with van der Waals surface area (Å²) in [4.78, 5) is 30.6. The van der Waals surface area contributed by atoms with Gasteiger partial charge in [0.25, 0.3) is 0 Å². The molecule has 0 bridgehead atoms. The molecule has 1 saturated carbocycles. The van der Waals surface area contributed by atoms with Gasteiger partial charge >= 0.3 is 0 Å². The number of pyridine rings is 1. The lowest BCUT2D eigenvalue weighted by molar-refractivity contribution is -0.133. The minimum absolute atomic E-state index is 0.0189. The van der Waals surface area contributed by atoms with Crippen LogP contribution in [-0.2, 0) is 22.4 Å². The summed E-state index contributed by atoms with van der Waals surface area (Å²) < 4.78 is 45.9. The van der Waals surface area contributed by atoms with Gasteiger partial charge in [-0.3, -0.25) is 14.6 Å². The molecule has 5 rings (SSSR count). The van der Waals surface area contributed by atoms with Crippen LogP contribution in [0.15, 0.2) is 79.0 Å². The quantitative estimate of drug-likeness (QED) is 0.0584. The average Bonchev–Trinajstić information content (AvgIpc) is 3.85. The van der Waals surface area contributed by atoms with Crippen molar-refractivity contribution in [3.8, 4) is 23.0 Å². The molecule has 1 fully saturated rings. The number of methoxy groups -OCH3 is 1. The first kappa shape index (κ1) is 32.2. The molecule has 1 aromatic heterocycles. The Morgan fingerprint density at radius 1 is 0.867 bits per heavy atom. The van der Waals surface area contributed by atoms with E-state index in [1.807, 2.05) is 6.08 Å². The summed E-state index contributed by atoms with van der Waals surface area (Å²) in [7, 11) is 1.54.